The van der Waals surface area contributed by atoms with Gasteiger partial charge in [-0.3, -0.25) is 4.79 Å². The topological polar surface area (TPSA) is 59.0 Å². The molecule has 0 saturated carbocycles. The van der Waals surface area contributed by atoms with Crippen LogP contribution in [0, 0.1) is 0 Å². The first-order valence-corrected chi connectivity index (χ1v) is 5.80. The molecule has 5 nitrogen and oxygen atoms in total. The molecule has 0 unspecified atom stereocenters. The highest BCUT2D eigenvalue weighted by atomic mass is 16.5. The predicted octanol–water partition coefficient (Wildman–Crippen LogP) is 1.16. The highest BCUT2D eigenvalue weighted by molar-refractivity contribution is 5.99. The van der Waals surface area contributed by atoms with Crippen molar-refractivity contribution in [3.8, 4) is 11.5 Å². The zero-order valence-electron chi connectivity index (χ0n) is 11.0. The molecule has 18 heavy (non-hydrogen) atoms. The molecule has 0 radical (unpaired) electrons. The molecule has 0 saturated heterocycles. The summed E-state index contributed by atoms with van der Waals surface area (Å²) in [5, 5.41) is 8.96. The van der Waals surface area contributed by atoms with Crippen molar-refractivity contribution >= 4 is 5.91 Å². The number of likely N-dealkylation sites (N-methyl/N-ethyl adjacent to an activating group) is 1. The number of ether oxygens (including phenoxy) is 2. The molecule has 0 atom stereocenters. The molecule has 0 aliphatic heterocycles. The van der Waals surface area contributed by atoms with Crippen molar-refractivity contribution in [1.82, 2.24) is 4.90 Å². The van der Waals surface area contributed by atoms with E-state index in [1.165, 1.54) is 14.2 Å². The van der Waals surface area contributed by atoms with Gasteiger partial charge in [0.2, 0.25) is 0 Å². The van der Waals surface area contributed by atoms with E-state index in [9.17, 15) is 4.79 Å². The minimum atomic E-state index is -0.208. The number of aliphatic hydroxyl groups excluding tert-OH is 1. The Bertz CT molecular complexity index is 384. The van der Waals surface area contributed by atoms with Crippen LogP contribution < -0.4 is 9.47 Å². The van der Waals surface area contributed by atoms with Gasteiger partial charge in [0, 0.05) is 13.1 Å². The van der Waals surface area contributed by atoms with Gasteiger partial charge in [-0.25, -0.2) is 0 Å². The van der Waals surface area contributed by atoms with Crippen molar-refractivity contribution in [3.05, 3.63) is 23.8 Å². The van der Waals surface area contributed by atoms with E-state index in [0.29, 0.717) is 23.6 Å². The Labute approximate surface area is 107 Å². The Kier molecular flexibility index (Phi) is 5.45. The van der Waals surface area contributed by atoms with Gasteiger partial charge in [-0.05, 0) is 19.1 Å². The second kappa shape index (κ2) is 6.86. The monoisotopic (exact) mass is 253 g/mol. The van der Waals surface area contributed by atoms with Gasteiger partial charge in [0.05, 0.1) is 20.8 Å². The number of carbonyl (C=O) groups is 1. The average molecular weight is 253 g/mol. The molecule has 0 bridgehead atoms. The lowest BCUT2D eigenvalue weighted by atomic mass is 10.1. The number of methoxy groups -OCH3 is 2. The summed E-state index contributed by atoms with van der Waals surface area (Å²) < 4.78 is 10.4. The van der Waals surface area contributed by atoms with Gasteiger partial charge in [-0.15, -0.1) is 0 Å². The van der Waals surface area contributed by atoms with Crippen molar-refractivity contribution in [1.29, 1.82) is 0 Å². The predicted molar refractivity (Wildman–Crippen MR) is 68.2 cm³/mol. The Morgan fingerprint density at radius 2 is 1.83 bits per heavy atom. The number of hydrogen-bond acceptors (Lipinski definition) is 4. The lowest BCUT2D eigenvalue weighted by Crippen LogP contribution is -2.33. The molecule has 5 heteroatoms. The minimum absolute atomic E-state index is 0.0724. The number of nitrogens with zero attached hydrogens (tertiary/aromatic N) is 1. The van der Waals surface area contributed by atoms with Crippen LogP contribution in [0.15, 0.2) is 18.2 Å². The molecule has 1 amide bonds. The molecule has 0 heterocycles. The van der Waals surface area contributed by atoms with Crippen molar-refractivity contribution in [2.75, 3.05) is 33.9 Å². The first-order valence-electron chi connectivity index (χ1n) is 5.80. The standard InChI is InChI=1S/C13H19NO4/c1-4-14(8-9-15)13(16)12-10(17-2)6-5-7-11(12)18-3/h5-7,15H,4,8-9H2,1-3H3. The molecule has 1 aromatic rings. The Balaban J connectivity index is 3.16. The number of rotatable bonds is 6. The number of aliphatic hydroxyl groups is 1. The number of carbonyl (C=O) groups excluding carboxylic acids is 1. The first-order chi connectivity index (χ1) is 8.69. The lowest BCUT2D eigenvalue weighted by molar-refractivity contribution is 0.0725. The van der Waals surface area contributed by atoms with Crippen molar-refractivity contribution < 1.29 is 19.4 Å². The number of amides is 1. The van der Waals surface area contributed by atoms with Gasteiger partial charge < -0.3 is 19.5 Å². The molecule has 0 aliphatic rings. The van der Waals surface area contributed by atoms with Gasteiger partial charge in [-0.2, -0.15) is 0 Å². The van der Waals surface area contributed by atoms with Crippen LogP contribution in [-0.4, -0.2) is 49.8 Å². The van der Waals surface area contributed by atoms with Crippen LogP contribution >= 0.6 is 0 Å². The van der Waals surface area contributed by atoms with E-state index in [-0.39, 0.29) is 19.1 Å². The minimum Gasteiger partial charge on any atom is -0.496 e. The summed E-state index contributed by atoms with van der Waals surface area (Å²) in [7, 11) is 3.02. The molecule has 1 N–H and O–H groups in total. The maximum atomic E-state index is 12.4. The van der Waals surface area contributed by atoms with Crippen molar-refractivity contribution in [3.63, 3.8) is 0 Å². The normalized spacial score (nSPS) is 10.0. The number of benzene rings is 1. The van der Waals surface area contributed by atoms with Crippen LogP contribution in [0.3, 0.4) is 0 Å². The highest BCUT2D eigenvalue weighted by Crippen LogP contribution is 2.29. The van der Waals surface area contributed by atoms with E-state index in [0.717, 1.165) is 0 Å². The molecular formula is C13H19NO4. The number of hydrogen-bond donors (Lipinski definition) is 1. The van der Waals surface area contributed by atoms with Crippen LogP contribution in [0.25, 0.3) is 0 Å². The average Bonchev–Trinajstić information content (AvgIpc) is 2.42. The summed E-state index contributed by atoms with van der Waals surface area (Å²) in [6.45, 7) is 2.59. The second-order valence-electron chi connectivity index (χ2n) is 3.65. The summed E-state index contributed by atoms with van der Waals surface area (Å²) in [6.07, 6.45) is 0. The summed E-state index contributed by atoms with van der Waals surface area (Å²) in [4.78, 5) is 13.9. The summed E-state index contributed by atoms with van der Waals surface area (Å²) in [6, 6.07) is 5.18. The van der Waals surface area contributed by atoms with Crippen molar-refractivity contribution in [2.45, 2.75) is 6.92 Å². The van der Waals surface area contributed by atoms with E-state index in [2.05, 4.69) is 0 Å². The van der Waals surface area contributed by atoms with E-state index in [4.69, 9.17) is 14.6 Å². The fourth-order valence-corrected chi connectivity index (χ4v) is 1.74. The quantitative estimate of drug-likeness (QED) is 0.826. The third kappa shape index (κ3) is 2.92. The van der Waals surface area contributed by atoms with E-state index in [1.54, 1.807) is 23.1 Å². The smallest absolute Gasteiger partial charge is 0.261 e. The van der Waals surface area contributed by atoms with E-state index < -0.39 is 0 Å². The SMILES string of the molecule is CCN(CCO)C(=O)c1c(OC)cccc1OC. The van der Waals surface area contributed by atoms with Crippen molar-refractivity contribution in [2.24, 2.45) is 0 Å². The van der Waals surface area contributed by atoms with Crippen LogP contribution in [0.1, 0.15) is 17.3 Å². The van der Waals surface area contributed by atoms with Crippen LogP contribution in [-0.2, 0) is 0 Å². The maximum absolute atomic E-state index is 12.4. The molecule has 0 aliphatic carbocycles. The maximum Gasteiger partial charge on any atom is 0.261 e. The fourth-order valence-electron chi connectivity index (χ4n) is 1.74. The van der Waals surface area contributed by atoms with E-state index >= 15 is 0 Å². The van der Waals surface area contributed by atoms with Crippen LogP contribution in [0.4, 0.5) is 0 Å². The van der Waals surface area contributed by atoms with Crippen LogP contribution in [0.2, 0.25) is 0 Å². The molecule has 0 fully saturated rings. The van der Waals surface area contributed by atoms with Gasteiger partial charge in [-0.1, -0.05) is 6.07 Å². The van der Waals surface area contributed by atoms with Gasteiger partial charge >= 0.3 is 0 Å². The van der Waals surface area contributed by atoms with Gasteiger partial charge in [0.25, 0.3) is 5.91 Å². The Morgan fingerprint density at radius 3 is 2.22 bits per heavy atom. The molecule has 0 aromatic heterocycles. The molecule has 100 valence electrons. The third-order valence-electron chi connectivity index (χ3n) is 2.68. The second-order valence-corrected chi connectivity index (χ2v) is 3.65. The summed E-state index contributed by atoms with van der Waals surface area (Å²) >= 11 is 0. The summed E-state index contributed by atoms with van der Waals surface area (Å²) in [5.74, 6) is 0.729. The van der Waals surface area contributed by atoms with Gasteiger partial charge in [0.1, 0.15) is 17.1 Å². The van der Waals surface area contributed by atoms with E-state index in [1.807, 2.05) is 6.92 Å². The molecule has 0 spiro atoms. The Morgan fingerprint density at radius 1 is 1.28 bits per heavy atom. The molecule has 1 rings (SSSR count). The molecule has 1 aromatic carbocycles. The van der Waals surface area contributed by atoms with Crippen LogP contribution in [0.5, 0.6) is 11.5 Å². The highest BCUT2D eigenvalue weighted by Gasteiger charge is 2.22. The zero-order valence-corrected chi connectivity index (χ0v) is 11.0. The third-order valence-corrected chi connectivity index (χ3v) is 2.68. The Hall–Kier alpha value is -1.75. The lowest BCUT2D eigenvalue weighted by Gasteiger charge is -2.22. The van der Waals surface area contributed by atoms with Gasteiger partial charge in [0.15, 0.2) is 0 Å². The molecular weight excluding hydrogens is 234 g/mol. The fraction of sp³-hybridized carbons (Fsp3) is 0.462. The summed E-state index contributed by atoms with van der Waals surface area (Å²) in [5.41, 5.74) is 0.387. The largest absolute Gasteiger partial charge is 0.496 e. The zero-order chi connectivity index (χ0) is 13.5. The first kappa shape index (κ1) is 14.3.